The second-order valence-corrected chi connectivity index (χ2v) is 8.09. The molecule has 154 valence electrons. The first-order chi connectivity index (χ1) is 13.4. The fourth-order valence-electron chi connectivity index (χ4n) is 4.09. The number of carbonyl (C=O) groups excluding carboxylic acids is 2. The van der Waals surface area contributed by atoms with Crippen LogP contribution in [0.1, 0.15) is 52.0 Å². The van der Waals surface area contributed by atoms with Gasteiger partial charge in [0.15, 0.2) is 0 Å². The smallest absolute Gasteiger partial charge is 0.410 e. The second kappa shape index (κ2) is 9.03. The monoisotopic (exact) mass is 409 g/mol. The number of amides is 1. The third kappa shape index (κ3) is 4.90. The van der Waals surface area contributed by atoms with Crippen molar-refractivity contribution in [2.45, 2.75) is 77.2 Å². The van der Waals surface area contributed by atoms with Crippen LogP contribution < -0.4 is 4.74 Å². The molecule has 7 heteroatoms. The van der Waals surface area contributed by atoms with Crippen LogP contribution in [0, 0.1) is 0 Å². The highest BCUT2D eigenvalue weighted by Crippen LogP contribution is 2.39. The molecule has 0 saturated carbocycles. The van der Waals surface area contributed by atoms with Crippen molar-refractivity contribution in [3.8, 4) is 5.75 Å². The number of rotatable bonds is 6. The first-order valence-electron chi connectivity index (χ1n) is 9.97. The van der Waals surface area contributed by atoms with Crippen molar-refractivity contribution < 1.29 is 23.8 Å². The number of ether oxygens (including phenoxy) is 3. The average molecular weight is 410 g/mol. The van der Waals surface area contributed by atoms with Crippen molar-refractivity contribution in [1.29, 1.82) is 0 Å². The molecule has 1 aromatic carbocycles. The van der Waals surface area contributed by atoms with Gasteiger partial charge in [-0.2, -0.15) is 0 Å². The highest BCUT2D eigenvalue weighted by Gasteiger charge is 2.45. The van der Waals surface area contributed by atoms with E-state index in [1.807, 2.05) is 24.8 Å². The van der Waals surface area contributed by atoms with E-state index in [0.717, 1.165) is 31.2 Å². The second-order valence-electron chi connectivity index (χ2n) is 7.68. The summed E-state index contributed by atoms with van der Waals surface area (Å²) < 4.78 is 16.5. The minimum atomic E-state index is -0.274. The molecule has 1 amide bonds. The first-order valence-corrected chi connectivity index (χ1v) is 10.3. The van der Waals surface area contributed by atoms with Crippen molar-refractivity contribution in [1.82, 2.24) is 4.90 Å². The molecule has 2 bridgehead atoms. The van der Waals surface area contributed by atoms with E-state index in [1.54, 1.807) is 19.1 Å². The molecular formula is C21H28ClNO5. The third-order valence-corrected chi connectivity index (χ3v) is 5.48. The Hall–Kier alpha value is -1.95. The summed E-state index contributed by atoms with van der Waals surface area (Å²) in [5.41, 5.74) is 0.794. The Kier molecular flexibility index (Phi) is 6.70. The van der Waals surface area contributed by atoms with Gasteiger partial charge in [-0.3, -0.25) is 4.79 Å². The molecule has 6 nitrogen and oxygen atoms in total. The molecule has 2 unspecified atom stereocenters. The summed E-state index contributed by atoms with van der Waals surface area (Å²) in [7, 11) is 0. The minimum absolute atomic E-state index is 0.00834. The molecule has 2 aliphatic heterocycles. The zero-order valence-corrected chi connectivity index (χ0v) is 17.4. The number of hydrogen-bond donors (Lipinski definition) is 0. The van der Waals surface area contributed by atoms with Gasteiger partial charge in [0, 0.05) is 24.9 Å². The largest absolute Gasteiger partial charge is 0.489 e. The number of fused-ring (bicyclic) bond motifs is 2. The lowest BCUT2D eigenvalue weighted by molar-refractivity contribution is -0.142. The van der Waals surface area contributed by atoms with E-state index in [0.29, 0.717) is 17.4 Å². The molecule has 2 aliphatic rings. The molecule has 2 saturated heterocycles. The maximum Gasteiger partial charge on any atom is 0.410 e. The van der Waals surface area contributed by atoms with Gasteiger partial charge in [-0.05, 0) is 51.3 Å². The number of hydrogen-bond acceptors (Lipinski definition) is 5. The molecule has 3 rings (SSSR count). The molecule has 0 spiro atoms. The van der Waals surface area contributed by atoms with Gasteiger partial charge in [0.25, 0.3) is 0 Å². The van der Waals surface area contributed by atoms with Gasteiger partial charge < -0.3 is 19.1 Å². The van der Waals surface area contributed by atoms with Crippen LogP contribution in [0.4, 0.5) is 4.79 Å². The molecule has 28 heavy (non-hydrogen) atoms. The number of benzene rings is 1. The van der Waals surface area contributed by atoms with E-state index < -0.39 is 0 Å². The fraction of sp³-hybridized carbons (Fsp3) is 0.619. The quantitative estimate of drug-likeness (QED) is 0.653. The first kappa shape index (κ1) is 20.8. The minimum Gasteiger partial charge on any atom is -0.489 e. The molecule has 0 N–H and O–H groups in total. The summed E-state index contributed by atoms with van der Waals surface area (Å²) in [6.07, 6.45) is 3.35. The van der Waals surface area contributed by atoms with Gasteiger partial charge in [0.05, 0.1) is 24.2 Å². The van der Waals surface area contributed by atoms with E-state index in [1.165, 1.54) is 0 Å². The maximum absolute atomic E-state index is 12.4. The van der Waals surface area contributed by atoms with Gasteiger partial charge in [0.2, 0.25) is 0 Å². The number of carbonyl (C=O) groups is 2. The van der Waals surface area contributed by atoms with Crippen LogP contribution in [0.15, 0.2) is 18.2 Å². The normalized spacial score (nSPS) is 23.6. The highest BCUT2D eigenvalue weighted by atomic mass is 35.5. The van der Waals surface area contributed by atoms with E-state index in [4.69, 9.17) is 25.8 Å². The van der Waals surface area contributed by atoms with Gasteiger partial charge in [-0.1, -0.05) is 17.7 Å². The highest BCUT2D eigenvalue weighted by molar-refractivity contribution is 6.32. The zero-order valence-electron chi connectivity index (χ0n) is 16.7. The topological polar surface area (TPSA) is 65.1 Å². The third-order valence-electron chi connectivity index (χ3n) is 5.18. The van der Waals surface area contributed by atoms with Crippen LogP contribution in [-0.4, -0.2) is 47.9 Å². The molecule has 2 heterocycles. The molecule has 0 aromatic heterocycles. The number of nitrogens with zero attached hydrogens (tertiary/aromatic N) is 1. The predicted octanol–water partition coefficient (Wildman–Crippen LogP) is 4.36. The van der Waals surface area contributed by atoms with Crippen LogP contribution >= 0.6 is 11.6 Å². The Morgan fingerprint density at radius 1 is 1.21 bits per heavy atom. The number of halogens is 1. The van der Waals surface area contributed by atoms with E-state index in [-0.39, 0.29) is 42.8 Å². The number of esters is 1. The maximum atomic E-state index is 12.4. The van der Waals surface area contributed by atoms with E-state index in [2.05, 4.69) is 0 Å². The summed E-state index contributed by atoms with van der Waals surface area (Å²) in [4.78, 5) is 25.9. The Morgan fingerprint density at radius 2 is 1.89 bits per heavy atom. The van der Waals surface area contributed by atoms with Crippen molar-refractivity contribution in [2.75, 3.05) is 6.61 Å². The molecule has 2 fully saturated rings. The van der Waals surface area contributed by atoms with Crippen molar-refractivity contribution in [2.24, 2.45) is 0 Å². The molecule has 0 radical (unpaired) electrons. The van der Waals surface area contributed by atoms with Gasteiger partial charge in [-0.25, -0.2) is 4.79 Å². The Balaban J connectivity index is 1.60. The van der Waals surface area contributed by atoms with Crippen LogP contribution in [0.2, 0.25) is 5.02 Å². The van der Waals surface area contributed by atoms with Crippen molar-refractivity contribution in [3.05, 3.63) is 28.8 Å². The summed E-state index contributed by atoms with van der Waals surface area (Å²) in [6.45, 7) is 5.87. The Bertz CT molecular complexity index is 709. The van der Waals surface area contributed by atoms with Crippen molar-refractivity contribution in [3.63, 3.8) is 0 Å². The molecule has 2 atom stereocenters. The lowest BCUT2D eigenvalue weighted by Crippen LogP contribution is -2.49. The van der Waals surface area contributed by atoms with Crippen molar-refractivity contribution >= 4 is 23.7 Å². The summed E-state index contributed by atoms with van der Waals surface area (Å²) in [6, 6.07) is 5.69. The van der Waals surface area contributed by atoms with Gasteiger partial charge >= 0.3 is 12.1 Å². The van der Waals surface area contributed by atoms with Gasteiger partial charge in [-0.15, -0.1) is 0 Å². The Labute approximate surface area is 171 Å². The SMILES string of the molecule is CCOC(=O)Cc1ccc(OC2CC3CCC(C2)N3C(=O)OC(C)C)c(Cl)c1. The summed E-state index contributed by atoms with van der Waals surface area (Å²) in [5, 5.41) is 0.482. The van der Waals surface area contributed by atoms with E-state index in [9.17, 15) is 9.59 Å². The zero-order chi connectivity index (χ0) is 20.3. The Morgan fingerprint density at radius 3 is 2.46 bits per heavy atom. The summed E-state index contributed by atoms with van der Waals surface area (Å²) in [5.74, 6) is 0.335. The molecule has 0 aliphatic carbocycles. The van der Waals surface area contributed by atoms with E-state index >= 15 is 0 Å². The average Bonchev–Trinajstić information content (AvgIpc) is 2.88. The predicted molar refractivity (Wildman–Crippen MR) is 106 cm³/mol. The number of piperidine rings is 1. The van der Waals surface area contributed by atoms with Crippen LogP contribution in [0.5, 0.6) is 5.75 Å². The standard InChI is InChI=1S/C21H28ClNO5/c1-4-26-20(24)10-14-5-8-19(18(22)9-14)28-17-11-15-6-7-16(12-17)23(15)21(25)27-13(2)3/h5,8-9,13,15-17H,4,6-7,10-12H2,1-3H3. The van der Waals surface area contributed by atoms with Crippen LogP contribution in [-0.2, 0) is 20.7 Å². The summed E-state index contributed by atoms with van der Waals surface area (Å²) >= 11 is 6.37. The lowest BCUT2D eigenvalue weighted by Gasteiger charge is -2.38. The molecular weight excluding hydrogens is 382 g/mol. The van der Waals surface area contributed by atoms with Gasteiger partial charge in [0.1, 0.15) is 11.9 Å². The van der Waals surface area contributed by atoms with Crippen LogP contribution in [0.25, 0.3) is 0 Å². The van der Waals surface area contributed by atoms with Crippen LogP contribution in [0.3, 0.4) is 0 Å². The fourth-order valence-corrected chi connectivity index (χ4v) is 4.34. The molecule has 1 aromatic rings. The lowest BCUT2D eigenvalue weighted by atomic mass is 10.00.